The molecule has 0 spiro atoms. The first kappa shape index (κ1) is 15.3. The molecule has 0 bridgehead atoms. The zero-order valence-electron chi connectivity index (χ0n) is 11.4. The molecule has 2 aromatic rings. The minimum absolute atomic E-state index is 0.0128. The number of aromatic carboxylic acids is 1. The second kappa shape index (κ2) is 6.11. The summed E-state index contributed by atoms with van der Waals surface area (Å²) in [5.41, 5.74) is 0.868. The lowest BCUT2D eigenvalue weighted by molar-refractivity contribution is 0.0691. The van der Waals surface area contributed by atoms with E-state index in [0.717, 1.165) is 11.6 Å². The molecule has 1 atom stereocenters. The maximum Gasteiger partial charge on any atom is 0.352 e. The van der Waals surface area contributed by atoms with Crippen molar-refractivity contribution in [3.8, 4) is 0 Å². The van der Waals surface area contributed by atoms with Crippen molar-refractivity contribution in [1.82, 2.24) is 9.71 Å². The van der Waals surface area contributed by atoms with Gasteiger partial charge in [-0.25, -0.2) is 17.9 Å². The summed E-state index contributed by atoms with van der Waals surface area (Å²) < 4.78 is 26.6. The van der Waals surface area contributed by atoms with Gasteiger partial charge in [0.1, 0.15) is 10.6 Å². The molecule has 7 heteroatoms. The standard InChI is InChI=1S/C14H16N2O4S/c1-10(11-5-3-2-4-6-11)8-16-21(19,20)12-7-13(14(17)18)15-9-12/h2-7,9-10,15-16H,8H2,1H3,(H,17,18). The molecular weight excluding hydrogens is 292 g/mol. The molecule has 0 aliphatic rings. The molecule has 0 saturated carbocycles. The minimum Gasteiger partial charge on any atom is -0.477 e. The van der Waals surface area contributed by atoms with Crippen molar-refractivity contribution >= 4 is 16.0 Å². The van der Waals surface area contributed by atoms with E-state index in [-0.39, 0.29) is 23.1 Å². The number of hydrogen-bond acceptors (Lipinski definition) is 3. The Balaban J connectivity index is 2.06. The molecule has 1 unspecified atom stereocenters. The predicted octanol–water partition coefficient (Wildman–Crippen LogP) is 1.79. The van der Waals surface area contributed by atoms with Crippen LogP contribution in [0.15, 0.2) is 47.5 Å². The summed E-state index contributed by atoms with van der Waals surface area (Å²) in [6.07, 6.45) is 1.17. The molecule has 21 heavy (non-hydrogen) atoms. The largest absolute Gasteiger partial charge is 0.477 e. The highest BCUT2D eigenvalue weighted by Crippen LogP contribution is 2.15. The van der Waals surface area contributed by atoms with Crippen LogP contribution in [-0.4, -0.2) is 31.0 Å². The quantitative estimate of drug-likeness (QED) is 0.757. The van der Waals surface area contributed by atoms with Gasteiger partial charge >= 0.3 is 5.97 Å². The fraction of sp³-hybridized carbons (Fsp3) is 0.214. The Hall–Kier alpha value is -2.12. The summed E-state index contributed by atoms with van der Waals surface area (Å²) in [7, 11) is -3.72. The van der Waals surface area contributed by atoms with Crippen LogP contribution in [0.2, 0.25) is 0 Å². The van der Waals surface area contributed by atoms with Gasteiger partial charge in [0, 0.05) is 12.7 Å². The van der Waals surface area contributed by atoms with Crippen LogP contribution in [0, 0.1) is 0 Å². The summed E-state index contributed by atoms with van der Waals surface area (Å²) in [4.78, 5) is 13.1. The highest BCUT2D eigenvalue weighted by molar-refractivity contribution is 7.89. The van der Waals surface area contributed by atoms with Gasteiger partial charge in [-0.3, -0.25) is 0 Å². The lowest BCUT2D eigenvalue weighted by Gasteiger charge is -2.12. The first-order chi connectivity index (χ1) is 9.90. The molecular formula is C14H16N2O4S. The van der Waals surface area contributed by atoms with E-state index in [1.807, 2.05) is 37.3 Å². The van der Waals surface area contributed by atoms with Gasteiger partial charge in [0.2, 0.25) is 10.0 Å². The smallest absolute Gasteiger partial charge is 0.352 e. The first-order valence-corrected chi connectivity index (χ1v) is 7.85. The Morgan fingerprint density at radius 2 is 2.00 bits per heavy atom. The van der Waals surface area contributed by atoms with Crippen LogP contribution in [0.25, 0.3) is 0 Å². The molecule has 0 fully saturated rings. The molecule has 1 aromatic carbocycles. The molecule has 0 saturated heterocycles. The van der Waals surface area contributed by atoms with Crippen molar-refractivity contribution < 1.29 is 18.3 Å². The molecule has 0 aliphatic carbocycles. The maximum atomic E-state index is 12.1. The summed E-state index contributed by atoms with van der Waals surface area (Å²) in [6, 6.07) is 10.6. The van der Waals surface area contributed by atoms with Gasteiger partial charge in [0.25, 0.3) is 0 Å². The average molecular weight is 308 g/mol. The van der Waals surface area contributed by atoms with E-state index >= 15 is 0 Å². The normalized spacial score (nSPS) is 13.0. The van der Waals surface area contributed by atoms with E-state index in [1.54, 1.807) is 0 Å². The van der Waals surface area contributed by atoms with E-state index in [1.165, 1.54) is 6.20 Å². The lowest BCUT2D eigenvalue weighted by atomic mass is 10.0. The molecule has 3 N–H and O–H groups in total. The lowest BCUT2D eigenvalue weighted by Crippen LogP contribution is -2.27. The van der Waals surface area contributed by atoms with E-state index < -0.39 is 16.0 Å². The monoisotopic (exact) mass is 308 g/mol. The Morgan fingerprint density at radius 3 is 2.57 bits per heavy atom. The van der Waals surface area contributed by atoms with Crippen LogP contribution in [0.4, 0.5) is 0 Å². The minimum atomic E-state index is -3.72. The third-order valence-electron chi connectivity index (χ3n) is 3.15. The molecule has 1 heterocycles. The summed E-state index contributed by atoms with van der Waals surface area (Å²) in [5, 5.41) is 8.78. The van der Waals surface area contributed by atoms with Crippen molar-refractivity contribution in [3.63, 3.8) is 0 Å². The Kier molecular flexibility index (Phi) is 4.44. The fourth-order valence-electron chi connectivity index (χ4n) is 1.87. The topological polar surface area (TPSA) is 99.3 Å². The van der Waals surface area contributed by atoms with Crippen LogP contribution < -0.4 is 4.72 Å². The number of hydrogen-bond donors (Lipinski definition) is 3. The highest BCUT2D eigenvalue weighted by Gasteiger charge is 2.19. The van der Waals surface area contributed by atoms with Gasteiger partial charge < -0.3 is 10.1 Å². The SMILES string of the molecule is CC(CNS(=O)(=O)c1c[nH]c(C(=O)O)c1)c1ccccc1. The number of H-pyrrole nitrogens is 1. The van der Waals surface area contributed by atoms with Crippen molar-refractivity contribution in [2.75, 3.05) is 6.54 Å². The Morgan fingerprint density at radius 1 is 1.33 bits per heavy atom. The molecule has 1 aromatic heterocycles. The fourth-order valence-corrected chi connectivity index (χ4v) is 2.99. The summed E-state index contributed by atoms with van der Waals surface area (Å²) >= 11 is 0. The third kappa shape index (κ3) is 3.71. The van der Waals surface area contributed by atoms with Gasteiger partial charge in [0.15, 0.2) is 0 Å². The first-order valence-electron chi connectivity index (χ1n) is 6.36. The highest BCUT2D eigenvalue weighted by atomic mass is 32.2. The molecule has 6 nitrogen and oxygen atoms in total. The number of benzene rings is 1. The van der Waals surface area contributed by atoms with Crippen LogP contribution in [0.1, 0.15) is 28.9 Å². The van der Waals surface area contributed by atoms with E-state index in [4.69, 9.17) is 5.11 Å². The van der Waals surface area contributed by atoms with Crippen LogP contribution in [0.5, 0.6) is 0 Å². The number of carboxylic acid groups (broad SMARTS) is 1. The number of rotatable bonds is 6. The Bertz CT molecular complexity index is 722. The summed E-state index contributed by atoms with van der Waals surface area (Å²) in [6.45, 7) is 2.15. The summed E-state index contributed by atoms with van der Waals surface area (Å²) in [5.74, 6) is -1.19. The van der Waals surface area contributed by atoms with Gasteiger partial charge in [0.05, 0.1) is 0 Å². The van der Waals surface area contributed by atoms with Crippen LogP contribution in [-0.2, 0) is 10.0 Å². The van der Waals surface area contributed by atoms with Crippen molar-refractivity contribution in [2.45, 2.75) is 17.7 Å². The van der Waals surface area contributed by atoms with Crippen LogP contribution >= 0.6 is 0 Å². The van der Waals surface area contributed by atoms with Crippen molar-refractivity contribution in [2.24, 2.45) is 0 Å². The van der Waals surface area contributed by atoms with Crippen molar-refractivity contribution in [3.05, 3.63) is 53.9 Å². The predicted molar refractivity (Wildman–Crippen MR) is 77.8 cm³/mol. The van der Waals surface area contributed by atoms with E-state index in [9.17, 15) is 13.2 Å². The molecule has 112 valence electrons. The number of sulfonamides is 1. The van der Waals surface area contributed by atoms with E-state index in [2.05, 4.69) is 9.71 Å². The second-order valence-corrected chi connectivity index (χ2v) is 6.48. The number of carboxylic acids is 1. The molecule has 2 rings (SSSR count). The van der Waals surface area contributed by atoms with Crippen molar-refractivity contribution in [1.29, 1.82) is 0 Å². The Labute approximate surface area is 122 Å². The zero-order valence-corrected chi connectivity index (χ0v) is 12.2. The number of aromatic amines is 1. The van der Waals surface area contributed by atoms with Gasteiger partial charge in [-0.15, -0.1) is 0 Å². The zero-order chi connectivity index (χ0) is 15.5. The number of carbonyl (C=O) groups is 1. The molecule has 0 aliphatic heterocycles. The van der Waals surface area contributed by atoms with Gasteiger partial charge in [-0.05, 0) is 17.5 Å². The maximum absolute atomic E-state index is 12.1. The van der Waals surface area contributed by atoms with Crippen LogP contribution in [0.3, 0.4) is 0 Å². The van der Waals surface area contributed by atoms with Gasteiger partial charge in [-0.1, -0.05) is 37.3 Å². The molecule has 0 amide bonds. The molecule has 0 radical (unpaired) electrons. The van der Waals surface area contributed by atoms with E-state index in [0.29, 0.717) is 0 Å². The number of aromatic nitrogens is 1. The van der Waals surface area contributed by atoms with Gasteiger partial charge in [-0.2, -0.15) is 0 Å². The second-order valence-electron chi connectivity index (χ2n) is 4.72. The third-order valence-corrected chi connectivity index (χ3v) is 4.55. The average Bonchev–Trinajstić information content (AvgIpc) is 2.97. The number of nitrogens with one attached hydrogen (secondary N) is 2.